The molecule has 8 heteroatoms. The van der Waals surface area contributed by atoms with Crippen LogP contribution in [-0.4, -0.2) is 23.0 Å². The van der Waals surface area contributed by atoms with Crippen LogP contribution >= 0.6 is 27.3 Å². The van der Waals surface area contributed by atoms with Crippen LogP contribution in [-0.2, 0) is 16.1 Å². The van der Waals surface area contributed by atoms with Gasteiger partial charge in [-0.1, -0.05) is 0 Å². The second kappa shape index (κ2) is 7.12. The Bertz CT molecular complexity index is 460. The molecule has 18 heavy (non-hydrogen) atoms. The lowest BCUT2D eigenvalue weighted by Crippen LogP contribution is -2.39. The maximum atomic E-state index is 11.3. The van der Waals surface area contributed by atoms with Crippen molar-refractivity contribution in [1.82, 2.24) is 10.6 Å². The van der Waals surface area contributed by atoms with Gasteiger partial charge in [0.15, 0.2) is 0 Å². The Balaban J connectivity index is 2.25. The zero-order valence-electron chi connectivity index (χ0n) is 9.23. The van der Waals surface area contributed by atoms with Crippen LogP contribution in [0.3, 0.4) is 0 Å². The summed E-state index contributed by atoms with van der Waals surface area (Å²) in [5.41, 5.74) is 0. The molecular weight excluding hydrogens is 324 g/mol. The Morgan fingerprint density at radius 1 is 1.33 bits per heavy atom. The first kappa shape index (κ1) is 14.7. The van der Waals surface area contributed by atoms with E-state index in [1.54, 1.807) is 0 Å². The third-order valence-electron chi connectivity index (χ3n) is 1.86. The zero-order valence-corrected chi connectivity index (χ0v) is 11.6. The average molecular weight is 335 g/mol. The SMILES string of the molecule is O=C(O)CCC(=O)NC(=O)NCc1cc(Br)cs1. The van der Waals surface area contributed by atoms with Crippen molar-refractivity contribution >= 4 is 45.2 Å². The molecule has 3 amide bonds. The average Bonchev–Trinajstić information content (AvgIpc) is 2.70. The molecule has 3 N–H and O–H groups in total. The van der Waals surface area contributed by atoms with Gasteiger partial charge in [0, 0.05) is 21.2 Å². The maximum absolute atomic E-state index is 11.3. The summed E-state index contributed by atoms with van der Waals surface area (Å²) in [4.78, 5) is 33.6. The van der Waals surface area contributed by atoms with Crippen molar-refractivity contribution in [3.63, 3.8) is 0 Å². The molecule has 0 spiro atoms. The highest BCUT2D eigenvalue weighted by atomic mass is 79.9. The van der Waals surface area contributed by atoms with Crippen LogP contribution in [0.5, 0.6) is 0 Å². The van der Waals surface area contributed by atoms with Gasteiger partial charge in [-0.25, -0.2) is 4.79 Å². The normalized spacial score (nSPS) is 9.83. The molecule has 0 aliphatic rings. The predicted octanol–water partition coefficient (Wildman–Crippen LogP) is 1.70. The minimum Gasteiger partial charge on any atom is -0.481 e. The molecule has 0 bridgehead atoms. The molecule has 0 aliphatic carbocycles. The number of hydrogen-bond donors (Lipinski definition) is 3. The van der Waals surface area contributed by atoms with Crippen LogP contribution in [0.15, 0.2) is 15.9 Å². The number of urea groups is 1. The quantitative estimate of drug-likeness (QED) is 0.763. The summed E-state index contributed by atoms with van der Waals surface area (Å²) < 4.78 is 0.933. The van der Waals surface area contributed by atoms with Crippen molar-refractivity contribution in [2.24, 2.45) is 0 Å². The molecule has 0 saturated carbocycles. The van der Waals surface area contributed by atoms with Crippen molar-refractivity contribution < 1.29 is 19.5 Å². The molecule has 1 aromatic heterocycles. The minimum absolute atomic E-state index is 0.215. The van der Waals surface area contributed by atoms with Crippen LogP contribution in [0.1, 0.15) is 17.7 Å². The fraction of sp³-hybridized carbons (Fsp3) is 0.300. The molecule has 0 unspecified atom stereocenters. The number of amides is 3. The molecule has 0 aliphatic heterocycles. The van der Waals surface area contributed by atoms with E-state index in [-0.39, 0.29) is 12.8 Å². The van der Waals surface area contributed by atoms with Gasteiger partial charge in [0.05, 0.1) is 13.0 Å². The lowest BCUT2D eigenvalue weighted by Gasteiger charge is -2.04. The van der Waals surface area contributed by atoms with Crippen LogP contribution in [0.2, 0.25) is 0 Å². The molecule has 6 nitrogen and oxygen atoms in total. The van der Waals surface area contributed by atoms with Crippen LogP contribution in [0, 0.1) is 0 Å². The number of thiophene rings is 1. The molecule has 1 heterocycles. The summed E-state index contributed by atoms with van der Waals surface area (Å²) >= 11 is 4.76. The lowest BCUT2D eigenvalue weighted by molar-refractivity contribution is -0.138. The molecule has 0 saturated heterocycles. The van der Waals surface area contributed by atoms with E-state index < -0.39 is 17.9 Å². The van der Waals surface area contributed by atoms with Gasteiger partial charge in [0.2, 0.25) is 5.91 Å². The Labute approximate surface area is 116 Å². The van der Waals surface area contributed by atoms with Crippen molar-refractivity contribution in [2.45, 2.75) is 19.4 Å². The van der Waals surface area contributed by atoms with Crippen LogP contribution < -0.4 is 10.6 Å². The summed E-state index contributed by atoms with van der Waals surface area (Å²) in [5.74, 6) is -1.68. The number of carbonyl (C=O) groups excluding carboxylic acids is 2. The summed E-state index contributed by atoms with van der Waals surface area (Å²) in [6, 6.07) is 1.23. The van der Waals surface area contributed by atoms with Gasteiger partial charge in [-0.05, 0) is 22.0 Å². The highest BCUT2D eigenvalue weighted by Gasteiger charge is 2.09. The number of nitrogens with one attached hydrogen (secondary N) is 2. The minimum atomic E-state index is -1.08. The van der Waals surface area contributed by atoms with Crippen molar-refractivity contribution in [3.8, 4) is 0 Å². The second-order valence-electron chi connectivity index (χ2n) is 3.36. The smallest absolute Gasteiger partial charge is 0.321 e. The number of rotatable bonds is 5. The van der Waals surface area contributed by atoms with E-state index in [2.05, 4.69) is 26.6 Å². The summed E-state index contributed by atoms with van der Waals surface area (Å²) in [6.07, 6.45) is -0.510. The van der Waals surface area contributed by atoms with E-state index in [0.29, 0.717) is 6.54 Å². The molecule has 0 fully saturated rings. The van der Waals surface area contributed by atoms with Gasteiger partial charge < -0.3 is 10.4 Å². The fourth-order valence-electron chi connectivity index (χ4n) is 1.07. The van der Waals surface area contributed by atoms with E-state index >= 15 is 0 Å². The van der Waals surface area contributed by atoms with Crippen molar-refractivity contribution in [3.05, 3.63) is 20.8 Å². The van der Waals surface area contributed by atoms with Crippen LogP contribution in [0.25, 0.3) is 0 Å². The third-order valence-corrected chi connectivity index (χ3v) is 3.56. The van der Waals surface area contributed by atoms with E-state index in [4.69, 9.17) is 5.11 Å². The Hall–Kier alpha value is -1.41. The lowest BCUT2D eigenvalue weighted by atomic mass is 10.3. The van der Waals surface area contributed by atoms with Gasteiger partial charge in [-0.15, -0.1) is 11.3 Å². The number of carboxylic acids is 1. The molecular formula is C10H11BrN2O4S. The molecule has 0 aromatic carbocycles. The van der Waals surface area contributed by atoms with Gasteiger partial charge in [-0.3, -0.25) is 14.9 Å². The number of carboxylic acid groups (broad SMARTS) is 1. The Morgan fingerprint density at radius 2 is 2.06 bits per heavy atom. The topological polar surface area (TPSA) is 95.5 Å². The summed E-state index contributed by atoms with van der Waals surface area (Å²) in [7, 11) is 0. The van der Waals surface area contributed by atoms with Gasteiger partial charge >= 0.3 is 12.0 Å². The number of carbonyl (C=O) groups is 3. The maximum Gasteiger partial charge on any atom is 0.321 e. The highest BCUT2D eigenvalue weighted by molar-refractivity contribution is 9.10. The number of hydrogen-bond acceptors (Lipinski definition) is 4. The molecule has 1 rings (SSSR count). The fourth-order valence-corrected chi connectivity index (χ4v) is 2.46. The first-order valence-corrected chi connectivity index (χ1v) is 6.67. The number of imide groups is 1. The Kier molecular flexibility index (Phi) is 5.79. The number of aliphatic carboxylic acids is 1. The third kappa shape index (κ3) is 5.78. The van der Waals surface area contributed by atoms with Gasteiger partial charge in [-0.2, -0.15) is 0 Å². The standard InChI is InChI=1S/C10H11BrN2O4S/c11-6-3-7(18-5-6)4-12-10(17)13-8(14)1-2-9(15)16/h3,5H,1-2,4H2,(H,15,16)(H2,12,13,14,17). The zero-order chi connectivity index (χ0) is 13.5. The van der Waals surface area contributed by atoms with Gasteiger partial charge in [0.25, 0.3) is 0 Å². The van der Waals surface area contributed by atoms with E-state index in [0.717, 1.165) is 9.35 Å². The number of halogens is 1. The van der Waals surface area contributed by atoms with E-state index in [1.165, 1.54) is 11.3 Å². The van der Waals surface area contributed by atoms with Crippen LogP contribution in [0.4, 0.5) is 4.79 Å². The summed E-state index contributed by atoms with van der Waals surface area (Å²) in [6.45, 7) is 0.314. The largest absolute Gasteiger partial charge is 0.481 e. The van der Waals surface area contributed by atoms with Gasteiger partial charge in [0.1, 0.15) is 0 Å². The van der Waals surface area contributed by atoms with E-state index in [9.17, 15) is 14.4 Å². The first-order chi connectivity index (χ1) is 8.47. The monoisotopic (exact) mass is 334 g/mol. The first-order valence-electron chi connectivity index (χ1n) is 5.00. The van der Waals surface area contributed by atoms with Crippen molar-refractivity contribution in [2.75, 3.05) is 0 Å². The molecule has 0 radical (unpaired) electrons. The molecule has 98 valence electrons. The molecule has 0 atom stereocenters. The van der Waals surface area contributed by atoms with Crippen molar-refractivity contribution in [1.29, 1.82) is 0 Å². The highest BCUT2D eigenvalue weighted by Crippen LogP contribution is 2.19. The summed E-state index contributed by atoms with van der Waals surface area (Å²) in [5, 5.41) is 14.8. The second-order valence-corrected chi connectivity index (χ2v) is 5.27. The Morgan fingerprint density at radius 3 is 2.61 bits per heavy atom. The van der Waals surface area contributed by atoms with E-state index in [1.807, 2.05) is 11.4 Å². The predicted molar refractivity (Wildman–Crippen MR) is 69.3 cm³/mol. The molecule has 1 aromatic rings.